The molecule has 21 heavy (non-hydrogen) atoms. The molecule has 0 fully saturated rings. The lowest BCUT2D eigenvalue weighted by atomic mass is 9.99. The molecule has 0 amide bonds. The molecule has 0 atom stereocenters. The van der Waals surface area contributed by atoms with Crippen LogP contribution in [0, 0.1) is 27.2 Å². The Kier molecular flexibility index (Phi) is 4.18. The highest BCUT2D eigenvalue weighted by Crippen LogP contribution is 2.32. The van der Waals surface area contributed by atoms with Crippen LogP contribution >= 0.6 is 11.6 Å². The Morgan fingerprint density at radius 3 is 2.33 bits per heavy atom. The van der Waals surface area contributed by atoms with Crippen LogP contribution in [0.3, 0.4) is 0 Å². The molecule has 0 N–H and O–H groups in total. The second-order valence-corrected chi connectivity index (χ2v) is 4.92. The first-order chi connectivity index (χ1) is 9.91. The minimum Gasteiger partial charge on any atom is -0.258 e. The summed E-state index contributed by atoms with van der Waals surface area (Å²) in [6, 6.07) is 9.24. The maximum absolute atomic E-state index is 11.2. The van der Waals surface area contributed by atoms with Crippen LogP contribution in [0.4, 0.5) is 11.4 Å². The fraction of sp³-hybridized carbons (Fsp3) is 0.143. The summed E-state index contributed by atoms with van der Waals surface area (Å²) < 4.78 is 0. The molecular formula is C14H11ClN2O4. The minimum absolute atomic E-state index is 0.0354. The lowest BCUT2D eigenvalue weighted by molar-refractivity contribution is -0.386. The van der Waals surface area contributed by atoms with Crippen molar-refractivity contribution in [2.75, 3.05) is 0 Å². The van der Waals surface area contributed by atoms with E-state index < -0.39 is 9.85 Å². The quantitative estimate of drug-likeness (QED) is 0.629. The molecule has 2 rings (SSSR count). The number of nitro groups is 2. The molecule has 0 radical (unpaired) electrons. The highest BCUT2D eigenvalue weighted by Gasteiger charge is 2.22. The number of hydrogen-bond acceptors (Lipinski definition) is 4. The summed E-state index contributed by atoms with van der Waals surface area (Å²) in [5.74, 6) is 0. The molecule has 0 saturated carbocycles. The maximum atomic E-state index is 11.2. The van der Waals surface area contributed by atoms with Crippen molar-refractivity contribution in [3.05, 3.63) is 78.3 Å². The molecule has 0 aromatic heterocycles. The fourth-order valence-corrected chi connectivity index (χ4v) is 2.44. The Labute approximate surface area is 125 Å². The predicted molar refractivity (Wildman–Crippen MR) is 78.7 cm³/mol. The van der Waals surface area contributed by atoms with Gasteiger partial charge in [0.25, 0.3) is 11.4 Å². The molecule has 0 unspecified atom stereocenters. The molecule has 2 aromatic carbocycles. The standard InChI is InChI=1S/C14H11ClN2O4/c1-9-4-2-5-10(14(9)17(20)21)8-11-12(15)6-3-7-13(11)16(18)19/h2-7H,8H2,1H3. The average Bonchev–Trinajstić information content (AvgIpc) is 2.40. The van der Waals surface area contributed by atoms with Gasteiger partial charge in [0.05, 0.1) is 20.4 Å². The van der Waals surface area contributed by atoms with Crippen molar-refractivity contribution in [3.63, 3.8) is 0 Å². The largest absolute Gasteiger partial charge is 0.275 e. The van der Waals surface area contributed by atoms with Crippen LogP contribution in [0.1, 0.15) is 16.7 Å². The first-order valence-electron chi connectivity index (χ1n) is 6.06. The summed E-state index contributed by atoms with van der Waals surface area (Å²) in [5, 5.41) is 22.5. The number of halogens is 1. The fourth-order valence-electron chi connectivity index (χ4n) is 2.21. The summed E-state index contributed by atoms with van der Waals surface area (Å²) in [4.78, 5) is 21.2. The predicted octanol–water partition coefficient (Wildman–Crippen LogP) is 4.06. The number of aryl methyl sites for hydroxylation is 1. The highest BCUT2D eigenvalue weighted by molar-refractivity contribution is 6.31. The van der Waals surface area contributed by atoms with E-state index in [4.69, 9.17) is 11.6 Å². The Bertz CT molecular complexity index is 731. The van der Waals surface area contributed by atoms with Gasteiger partial charge in [-0.25, -0.2) is 0 Å². The third kappa shape index (κ3) is 3.00. The summed E-state index contributed by atoms with van der Waals surface area (Å²) in [6.45, 7) is 1.63. The SMILES string of the molecule is Cc1cccc(Cc2c(Cl)cccc2[N+](=O)[O-])c1[N+](=O)[O-]. The van der Waals surface area contributed by atoms with Gasteiger partial charge in [-0.15, -0.1) is 0 Å². The molecule has 0 bridgehead atoms. The topological polar surface area (TPSA) is 86.3 Å². The second-order valence-electron chi connectivity index (χ2n) is 4.51. The van der Waals surface area contributed by atoms with Crippen molar-refractivity contribution in [2.24, 2.45) is 0 Å². The van der Waals surface area contributed by atoms with Crippen LogP contribution in [-0.2, 0) is 6.42 Å². The Morgan fingerprint density at radius 1 is 1.05 bits per heavy atom. The normalized spacial score (nSPS) is 10.4. The molecule has 0 heterocycles. The van der Waals surface area contributed by atoms with Crippen LogP contribution in [0.15, 0.2) is 36.4 Å². The lowest BCUT2D eigenvalue weighted by Gasteiger charge is -2.07. The Morgan fingerprint density at radius 2 is 1.71 bits per heavy atom. The zero-order valence-corrected chi connectivity index (χ0v) is 11.8. The molecule has 6 nitrogen and oxygen atoms in total. The van der Waals surface area contributed by atoms with E-state index in [1.165, 1.54) is 18.2 Å². The van der Waals surface area contributed by atoms with Crippen molar-refractivity contribution in [1.82, 2.24) is 0 Å². The summed E-state index contributed by atoms with van der Waals surface area (Å²) in [7, 11) is 0. The molecule has 0 aliphatic rings. The molecule has 2 aromatic rings. The zero-order chi connectivity index (χ0) is 15.6. The van der Waals surface area contributed by atoms with E-state index in [0.29, 0.717) is 11.1 Å². The number of para-hydroxylation sites is 1. The third-order valence-corrected chi connectivity index (χ3v) is 3.52. The summed E-state index contributed by atoms with van der Waals surface area (Å²) in [5.41, 5.74) is 1.01. The minimum atomic E-state index is -0.539. The Balaban J connectivity index is 2.56. The van der Waals surface area contributed by atoms with Gasteiger partial charge in [0.2, 0.25) is 0 Å². The number of rotatable bonds is 4. The lowest BCUT2D eigenvalue weighted by Crippen LogP contribution is -2.02. The molecule has 0 aliphatic heterocycles. The monoisotopic (exact) mass is 306 g/mol. The van der Waals surface area contributed by atoms with Crippen LogP contribution < -0.4 is 0 Å². The number of nitrogens with zero attached hydrogens (tertiary/aromatic N) is 2. The molecular weight excluding hydrogens is 296 g/mol. The van der Waals surface area contributed by atoms with Gasteiger partial charge in [-0.3, -0.25) is 20.2 Å². The van der Waals surface area contributed by atoms with E-state index in [9.17, 15) is 20.2 Å². The van der Waals surface area contributed by atoms with Crippen molar-refractivity contribution < 1.29 is 9.85 Å². The van der Waals surface area contributed by atoms with Crippen molar-refractivity contribution in [3.8, 4) is 0 Å². The first kappa shape index (κ1) is 14.9. The summed E-state index contributed by atoms with van der Waals surface area (Å²) >= 11 is 6.02. The Hall–Kier alpha value is -2.47. The third-order valence-electron chi connectivity index (χ3n) is 3.16. The van der Waals surface area contributed by atoms with Gasteiger partial charge in [-0.05, 0) is 13.0 Å². The average molecular weight is 307 g/mol. The van der Waals surface area contributed by atoms with E-state index in [1.54, 1.807) is 25.1 Å². The van der Waals surface area contributed by atoms with Crippen LogP contribution in [0.5, 0.6) is 0 Å². The van der Waals surface area contributed by atoms with E-state index in [0.717, 1.165) is 0 Å². The van der Waals surface area contributed by atoms with E-state index in [2.05, 4.69) is 0 Å². The van der Waals surface area contributed by atoms with Gasteiger partial charge in [-0.2, -0.15) is 0 Å². The van der Waals surface area contributed by atoms with Gasteiger partial charge in [-0.1, -0.05) is 35.9 Å². The molecule has 0 spiro atoms. The van der Waals surface area contributed by atoms with Gasteiger partial charge in [0.1, 0.15) is 0 Å². The molecule has 0 saturated heterocycles. The first-order valence-corrected chi connectivity index (χ1v) is 6.44. The van der Waals surface area contributed by atoms with Crippen LogP contribution in [-0.4, -0.2) is 9.85 Å². The summed E-state index contributed by atoms with van der Waals surface area (Å²) in [6.07, 6.45) is 0.0357. The maximum Gasteiger partial charge on any atom is 0.275 e. The van der Waals surface area contributed by atoms with Gasteiger partial charge in [0.15, 0.2) is 0 Å². The zero-order valence-electron chi connectivity index (χ0n) is 11.1. The van der Waals surface area contributed by atoms with E-state index >= 15 is 0 Å². The smallest absolute Gasteiger partial charge is 0.258 e. The molecule has 0 aliphatic carbocycles. The van der Waals surface area contributed by atoms with Gasteiger partial charge in [0, 0.05) is 23.6 Å². The van der Waals surface area contributed by atoms with E-state index in [1.807, 2.05) is 0 Å². The van der Waals surface area contributed by atoms with Crippen molar-refractivity contribution in [1.29, 1.82) is 0 Å². The molecule has 7 heteroatoms. The molecule has 108 valence electrons. The highest BCUT2D eigenvalue weighted by atomic mass is 35.5. The van der Waals surface area contributed by atoms with Crippen molar-refractivity contribution in [2.45, 2.75) is 13.3 Å². The van der Waals surface area contributed by atoms with Gasteiger partial charge < -0.3 is 0 Å². The number of benzene rings is 2. The van der Waals surface area contributed by atoms with E-state index in [-0.39, 0.29) is 28.4 Å². The van der Waals surface area contributed by atoms with Crippen LogP contribution in [0.25, 0.3) is 0 Å². The van der Waals surface area contributed by atoms with Crippen molar-refractivity contribution >= 4 is 23.0 Å². The number of hydrogen-bond donors (Lipinski definition) is 0. The van der Waals surface area contributed by atoms with Crippen LogP contribution in [0.2, 0.25) is 5.02 Å². The number of nitro benzene ring substituents is 2. The van der Waals surface area contributed by atoms with Gasteiger partial charge >= 0.3 is 0 Å². The second kappa shape index (κ2) is 5.88.